The monoisotopic (exact) mass is 436 g/mol. The summed E-state index contributed by atoms with van der Waals surface area (Å²) in [5, 5.41) is 0. The second kappa shape index (κ2) is 7.80. The van der Waals surface area contributed by atoms with Crippen LogP contribution in [0.15, 0.2) is 72.8 Å². The minimum atomic E-state index is 0.157. The van der Waals surface area contributed by atoms with Crippen LogP contribution in [-0.4, -0.2) is 13.2 Å². The summed E-state index contributed by atoms with van der Waals surface area (Å²) in [6, 6.07) is 24.9. The van der Waals surface area contributed by atoms with Gasteiger partial charge in [-0.05, 0) is 81.5 Å². The molecule has 0 aromatic heterocycles. The fourth-order valence-corrected chi connectivity index (χ4v) is 5.99. The molecule has 2 heteroatoms. The van der Waals surface area contributed by atoms with Crippen LogP contribution in [0.2, 0.25) is 0 Å². The van der Waals surface area contributed by atoms with E-state index in [-0.39, 0.29) is 5.41 Å². The standard InChI is InChI=1S/C31H32O2/c1-31(2,3)24-9-6-8-21(15-24)26-16-22-7-4-5-10-25(22)27-17-23(18-28(26)27)20-11-12-29-30(19-20)33-14-13-32-29/h4-12,15,18-19,26-28H,13-14,16-17H2,1-3H3. The second-order valence-corrected chi connectivity index (χ2v) is 10.8. The molecule has 3 atom stereocenters. The van der Waals surface area contributed by atoms with E-state index in [9.17, 15) is 0 Å². The molecule has 3 aromatic carbocycles. The number of rotatable bonds is 2. The van der Waals surface area contributed by atoms with Crippen molar-refractivity contribution in [2.75, 3.05) is 13.2 Å². The van der Waals surface area contributed by atoms with E-state index in [2.05, 4.69) is 93.6 Å². The molecule has 2 aliphatic carbocycles. The summed E-state index contributed by atoms with van der Waals surface area (Å²) in [5.74, 6) is 3.29. The Morgan fingerprint density at radius 2 is 1.58 bits per heavy atom. The number of allylic oxidation sites excluding steroid dienone is 2. The number of fused-ring (bicyclic) bond motifs is 4. The molecule has 0 bridgehead atoms. The normalized spacial score (nSPS) is 23.5. The van der Waals surface area contributed by atoms with Crippen molar-refractivity contribution in [3.8, 4) is 11.5 Å². The molecule has 6 rings (SSSR count). The SMILES string of the molecule is CC(C)(C)c1cccc(C2Cc3ccccc3C3CC(c4ccc5c(c4)OCCO5)=CC23)c1. The lowest BCUT2D eigenvalue weighted by molar-refractivity contribution is 0.171. The summed E-state index contributed by atoms with van der Waals surface area (Å²) in [4.78, 5) is 0. The highest BCUT2D eigenvalue weighted by atomic mass is 16.6. The van der Waals surface area contributed by atoms with Crippen LogP contribution in [-0.2, 0) is 11.8 Å². The van der Waals surface area contributed by atoms with Crippen molar-refractivity contribution in [3.05, 3.63) is 101 Å². The van der Waals surface area contributed by atoms with Crippen LogP contribution in [0.3, 0.4) is 0 Å². The smallest absolute Gasteiger partial charge is 0.161 e. The number of ether oxygens (including phenoxy) is 2. The number of hydrogen-bond donors (Lipinski definition) is 0. The van der Waals surface area contributed by atoms with Crippen molar-refractivity contribution < 1.29 is 9.47 Å². The molecule has 0 N–H and O–H groups in total. The third-order valence-corrected chi connectivity index (χ3v) is 7.75. The lowest BCUT2D eigenvalue weighted by Crippen LogP contribution is -2.25. The Kier molecular flexibility index (Phi) is 4.87. The Morgan fingerprint density at radius 3 is 2.42 bits per heavy atom. The third kappa shape index (κ3) is 3.66. The fourth-order valence-electron chi connectivity index (χ4n) is 5.99. The van der Waals surface area contributed by atoms with Crippen molar-refractivity contribution in [2.24, 2.45) is 5.92 Å². The topological polar surface area (TPSA) is 18.5 Å². The predicted molar refractivity (Wildman–Crippen MR) is 134 cm³/mol. The first-order valence-corrected chi connectivity index (χ1v) is 12.3. The molecule has 2 nitrogen and oxygen atoms in total. The summed E-state index contributed by atoms with van der Waals surface area (Å²) in [7, 11) is 0. The molecule has 168 valence electrons. The van der Waals surface area contributed by atoms with Gasteiger partial charge in [0.15, 0.2) is 11.5 Å². The lowest BCUT2D eigenvalue weighted by atomic mass is 9.67. The molecule has 0 radical (unpaired) electrons. The van der Waals surface area contributed by atoms with E-state index in [1.165, 1.54) is 33.4 Å². The highest BCUT2D eigenvalue weighted by Crippen LogP contribution is 2.54. The first-order valence-electron chi connectivity index (χ1n) is 12.3. The summed E-state index contributed by atoms with van der Waals surface area (Å²) in [5.41, 5.74) is 8.82. The van der Waals surface area contributed by atoms with Crippen LogP contribution >= 0.6 is 0 Å². The van der Waals surface area contributed by atoms with Gasteiger partial charge in [-0.3, -0.25) is 0 Å². The Hall–Kier alpha value is -3.00. The average Bonchev–Trinajstić information content (AvgIpc) is 3.29. The van der Waals surface area contributed by atoms with Gasteiger partial charge in [-0.2, -0.15) is 0 Å². The van der Waals surface area contributed by atoms with E-state index in [0.29, 0.717) is 31.0 Å². The van der Waals surface area contributed by atoms with E-state index >= 15 is 0 Å². The number of hydrogen-bond acceptors (Lipinski definition) is 2. The molecule has 0 spiro atoms. The van der Waals surface area contributed by atoms with Crippen molar-refractivity contribution in [1.29, 1.82) is 0 Å². The van der Waals surface area contributed by atoms with Crippen LogP contribution in [0, 0.1) is 5.92 Å². The zero-order chi connectivity index (χ0) is 22.6. The predicted octanol–water partition coefficient (Wildman–Crippen LogP) is 7.28. The van der Waals surface area contributed by atoms with Gasteiger partial charge in [0.05, 0.1) is 0 Å². The van der Waals surface area contributed by atoms with Gasteiger partial charge in [0.25, 0.3) is 0 Å². The van der Waals surface area contributed by atoms with Crippen LogP contribution in [0.25, 0.3) is 5.57 Å². The molecule has 0 fully saturated rings. The van der Waals surface area contributed by atoms with E-state index < -0.39 is 0 Å². The van der Waals surface area contributed by atoms with Crippen molar-refractivity contribution in [3.63, 3.8) is 0 Å². The summed E-state index contributed by atoms with van der Waals surface area (Å²) in [6.07, 6.45) is 4.76. The van der Waals surface area contributed by atoms with Gasteiger partial charge in [0, 0.05) is 0 Å². The molecule has 3 aliphatic rings. The highest BCUT2D eigenvalue weighted by molar-refractivity contribution is 5.72. The zero-order valence-electron chi connectivity index (χ0n) is 19.8. The molecule has 1 aliphatic heterocycles. The maximum Gasteiger partial charge on any atom is 0.161 e. The summed E-state index contributed by atoms with van der Waals surface area (Å²) >= 11 is 0. The molecule has 33 heavy (non-hydrogen) atoms. The quantitative estimate of drug-likeness (QED) is 0.420. The molecule has 1 heterocycles. The Labute approximate surface area is 197 Å². The second-order valence-electron chi connectivity index (χ2n) is 10.8. The zero-order valence-corrected chi connectivity index (χ0v) is 19.8. The summed E-state index contributed by atoms with van der Waals surface area (Å²) in [6.45, 7) is 8.17. The highest BCUT2D eigenvalue weighted by Gasteiger charge is 2.40. The van der Waals surface area contributed by atoms with Crippen molar-refractivity contribution in [2.45, 2.75) is 50.9 Å². The molecule has 0 saturated carbocycles. The van der Waals surface area contributed by atoms with Gasteiger partial charge in [0.2, 0.25) is 0 Å². The summed E-state index contributed by atoms with van der Waals surface area (Å²) < 4.78 is 11.6. The van der Waals surface area contributed by atoms with E-state index in [1.54, 1.807) is 0 Å². The maximum atomic E-state index is 5.88. The molecule has 3 unspecified atom stereocenters. The molecular weight excluding hydrogens is 404 g/mol. The molecule has 3 aromatic rings. The largest absolute Gasteiger partial charge is 0.486 e. The van der Waals surface area contributed by atoms with E-state index in [0.717, 1.165) is 24.3 Å². The van der Waals surface area contributed by atoms with Crippen LogP contribution < -0.4 is 9.47 Å². The van der Waals surface area contributed by atoms with Gasteiger partial charge in [-0.25, -0.2) is 0 Å². The minimum Gasteiger partial charge on any atom is -0.486 e. The Balaban J connectivity index is 1.41. The minimum absolute atomic E-state index is 0.157. The average molecular weight is 437 g/mol. The van der Waals surface area contributed by atoms with Gasteiger partial charge in [-0.1, -0.05) is 81.4 Å². The first kappa shape index (κ1) is 20.6. The molecular formula is C31H32O2. The maximum absolute atomic E-state index is 5.88. The third-order valence-electron chi connectivity index (χ3n) is 7.75. The van der Waals surface area contributed by atoms with Gasteiger partial charge < -0.3 is 9.47 Å². The van der Waals surface area contributed by atoms with Crippen LogP contribution in [0.5, 0.6) is 11.5 Å². The van der Waals surface area contributed by atoms with Gasteiger partial charge >= 0.3 is 0 Å². The van der Waals surface area contributed by atoms with E-state index in [4.69, 9.17) is 9.47 Å². The van der Waals surface area contributed by atoms with E-state index in [1.807, 2.05) is 0 Å². The lowest BCUT2D eigenvalue weighted by Gasteiger charge is -2.36. The Morgan fingerprint density at radius 1 is 0.758 bits per heavy atom. The van der Waals surface area contributed by atoms with Crippen LogP contribution in [0.4, 0.5) is 0 Å². The first-order chi connectivity index (χ1) is 16.0. The Bertz CT molecular complexity index is 1230. The fraction of sp³-hybridized carbons (Fsp3) is 0.355. The van der Waals surface area contributed by atoms with Crippen LogP contribution in [0.1, 0.15) is 66.8 Å². The number of benzene rings is 3. The van der Waals surface area contributed by atoms with Crippen molar-refractivity contribution >= 4 is 5.57 Å². The molecule has 0 amide bonds. The van der Waals surface area contributed by atoms with Gasteiger partial charge in [-0.15, -0.1) is 0 Å². The molecule has 0 saturated heterocycles. The van der Waals surface area contributed by atoms with Crippen molar-refractivity contribution in [1.82, 2.24) is 0 Å². The van der Waals surface area contributed by atoms with Gasteiger partial charge in [0.1, 0.15) is 13.2 Å².